The van der Waals surface area contributed by atoms with Gasteiger partial charge in [-0.2, -0.15) is 0 Å². The molecule has 8 heteroatoms. The van der Waals surface area contributed by atoms with Crippen LogP contribution in [0, 0.1) is 15.9 Å². The predicted octanol–water partition coefficient (Wildman–Crippen LogP) is 3.47. The number of nitrogens with zero attached hydrogens (tertiary/aromatic N) is 1. The van der Waals surface area contributed by atoms with Crippen molar-refractivity contribution in [2.24, 2.45) is 0 Å². The molecular weight excluding hydrogens is 323 g/mol. The van der Waals surface area contributed by atoms with Crippen molar-refractivity contribution in [2.45, 2.75) is 4.90 Å². The lowest BCUT2D eigenvalue weighted by Crippen LogP contribution is -2.15. The number of hydrogen-bond donors (Lipinski definition) is 1. The summed E-state index contributed by atoms with van der Waals surface area (Å²) in [5.41, 5.74) is -0.496. The standard InChI is InChI=1S/C15H13FN2O4S/c1-22-11-3-5-12(6-4-11)23-9-15(19)17-14-8-10(18(20)21)2-7-13(14)16/h2-8H,9H2,1H3,(H,17,19). The van der Waals surface area contributed by atoms with Crippen LogP contribution in [-0.2, 0) is 4.79 Å². The molecule has 0 saturated heterocycles. The second-order valence-electron chi connectivity index (χ2n) is 4.43. The maximum atomic E-state index is 13.6. The molecule has 120 valence electrons. The van der Waals surface area contributed by atoms with E-state index >= 15 is 0 Å². The maximum Gasteiger partial charge on any atom is 0.271 e. The fourth-order valence-electron chi connectivity index (χ4n) is 1.73. The largest absolute Gasteiger partial charge is 0.497 e. The minimum atomic E-state index is -0.724. The average molecular weight is 336 g/mol. The van der Waals surface area contributed by atoms with Gasteiger partial charge in [-0.05, 0) is 30.3 Å². The van der Waals surface area contributed by atoms with Crippen molar-refractivity contribution in [1.82, 2.24) is 0 Å². The van der Waals surface area contributed by atoms with Crippen LogP contribution in [-0.4, -0.2) is 23.7 Å². The number of rotatable bonds is 6. The molecule has 0 saturated carbocycles. The fraction of sp³-hybridized carbons (Fsp3) is 0.133. The number of nitro groups is 1. The van der Waals surface area contributed by atoms with Crippen molar-refractivity contribution in [3.8, 4) is 5.75 Å². The molecule has 2 rings (SSSR count). The van der Waals surface area contributed by atoms with E-state index in [1.54, 1.807) is 31.4 Å². The third kappa shape index (κ3) is 4.68. The minimum absolute atomic E-state index is 0.0501. The second-order valence-corrected chi connectivity index (χ2v) is 5.48. The molecule has 0 unspecified atom stereocenters. The van der Waals surface area contributed by atoms with Crippen LogP contribution >= 0.6 is 11.8 Å². The lowest BCUT2D eigenvalue weighted by atomic mass is 10.2. The SMILES string of the molecule is COc1ccc(SCC(=O)Nc2cc([N+](=O)[O-])ccc2F)cc1. The number of benzene rings is 2. The molecule has 6 nitrogen and oxygen atoms in total. The highest BCUT2D eigenvalue weighted by Gasteiger charge is 2.13. The number of non-ortho nitro benzene ring substituents is 1. The van der Waals surface area contributed by atoms with Crippen molar-refractivity contribution >= 4 is 29.0 Å². The molecule has 1 amide bonds. The Bertz CT molecular complexity index is 722. The summed E-state index contributed by atoms with van der Waals surface area (Å²) >= 11 is 1.26. The molecule has 0 heterocycles. The van der Waals surface area contributed by atoms with E-state index in [0.717, 1.165) is 23.1 Å². The van der Waals surface area contributed by atoms with Gasteiger partial charge < -0.3 is 10.1 Å². The van der Waals surface area contributed by atoms with Crippen molar-refractivity contribution < 1.29 is 18.8 Å². The highest BCUT2D eigenvalue weighted by atomic mass is 32.2. The highest BCUT2D eigenvalue weighted by molar-refractivity contribution is 8.00. The monoisotopic (exact) mass is 336 g/mol. The number of carbonyl (C=O) groups excluding carboxylic acids is 1. The van der Waals surface area contributed by atoms with Gasteiger partial charge in [0.15, 0.2) is 0 Å². The predicted molar refractivity (Wildman–Crippen MR) is 85.4 cm³/mol. The first-order valence-corrected chi connectivity index (χ1v) is 7.49. The van der Waals surface area contributed by atoms with Crippen LogP contribution in [0.1, 0.15) is 0 Å². The molecule has 0 radical (unpaired) electrons. The fourth-order valence-corrected chi connectivity index (χ4v) is 2.43. The van der Waals surface area contributed by atoms with E-state index in [-0.39, 0.29) is 17.1 Å². The first-order chi connectivity index (χ1) is 11.0. The van der Waals surface area contributed by atoms with Gasteiger partial charge in [-0.25, -0.2) is 4.39 Å². The number of halogens is 1. The molecule has 0 aromatic heterocycles. The number of methoxy groups -OCH3 is 1. The zero-order chi connectivity index (χ0) is 16.8. The summed E-state index contributed by atoms with van der Waals surface area (Å²) in [6, 6.07) is 10.1. The number of amides is 1. The van der Waals surface area contributed by atoms with Gasteiger partial charge in [0.05, 0.1) is 23.5 Å². The quantitative estimate of drug-likeness (QED) is 0.496. The van der Waals surface area contributed by atoms with Gasteiger partial charge in [0.25, 0.3) is 5.69 Å². The number of ether oxygens (including phenoxy) is 1. The van der Waals surface area contributed by atoms with Gasteiger partial charge in [-0.15, -0.1) is 11.8 Å². The van der Waals surface area contributed by atoms with Gasteiger partial charge in [0.2, 0.25) is 5.91 Å². The van der Waals surface area contributed by atoms with E-state index in [4.69, 9.17) is 4.74 Å². The lowest BCUT2D eigenvalue weighted by molar-refractivity contribution is -0.384. The number of nitro benzene ring substituents is 1. The van der Waals surface area contributed by atoms with E-state index in [9.17, 15) is 19.3 Å². The Kier molecular flexibility index (Phi) is 5.53. The number of carbonyl (C=O) groups is 1. The third-order valence-corrected chi connectivity index (χ3v) is 3.88. The zero-order valence-corrected chi connectivity index (χ0v) is 12.9. The first-order valence-electron chi connectivity index (χ1n) is 6.50. The van der Waals surface area contributed by atoms with Crippen LogP contribution in [0.25, 0.3) is 0 Å². The summed E-state index contributed by atoms with van der Waals surface area (Å²) in [6.07, 6.45) is 0. The van der Waals surface area contributed by atoms with Gasteiger partial charge >= 0.3 is 0 Å². The van der Waals surface area contributed by atoms with Gasteiger partial charge in [0, 0.05) is 17.0 Å². The summed E-state index contributed by atoms with van der Waals surface area (Å²) in [7, 11) is 1.56. The van der Waals surface area contributed by atoms with Gasteiger partial charge in [0.1, 0.15) is 11.6 Å². The molecule has 2 aromatic rings. The van der Waals surface area contributed by atoms with E-state index in [2.05, 4.69) is 5.32 Å². The van der Waals surface area contributed by atoms with Crippen LogP contribution in [0.2, 0.25) is 0 Å². The van der Waals surface area contributed by atoms with Crippen molar-refractivity contribution in [2.75, 3.05) is 18.2 Å². The number of thioether (sulfide) groups is 1. The Morgan fingerprint density at radius 2 is 2.00 bits per heavy atom. The zero-order valence-electron chi connectivity index (χ0n) is 12.1. The van der Waals surface area contributed by atoms with E-state index in [1.807, 2.05) is 0 Å². The molecule has 1 N–H and O–H groups in total. The molecule has 0 bridgehead atoms. The van der Waals surface area contributed by atoms with E-state index in [1.165, 1.54) is 11.8 Å². The smallest absolute Gasteiger partial charge is 0.271 e. The normalized spacial score (nSPS) is 10.2. The lowest BCUT2D eigenvalue weighted by Gasteiger charge is -2.07. The van der Waals surface area contributed by atoms with E-state index < -0.39 is 16.6 Å². The molecule has 2 aromatic carbocycles. The molecule has 0 spiro atoms. The van der Waals surface area contributed by atoms with Crippen molar-refractivity contribution in [3.05, 3.63) is 58.4 Å². The Morgan fingerprint density at radius 3 is 2.61 bits per heavy atom. The summed E-state index contributed by atoms with van der Waals surface area (Å²) in [6.45, 7) is 0. The number of nitrogens with one attached hydrogen (secondary N) is 1. The topological polar surface area (TPSA) is 81.5 Å². The van der Waals surface area contributed by atoms with Crippen LogP contribution in [0.3, 0.4) is 0 Å². The van der Waals surface area contributed by atoms with Crippen LogP contribution in [0.15, 0.2) is 47.4 Å². The number of hydrogen-bond acceptors (Lipinski definition) is 5. The van der Waals surface area contributed by atoms with Crippen LogP contribution < -0.4 is 10.1 Å². The summed E-state index contributed by atoms with van der Waals surface area (Å²) < 4.78 is 18.6. The Balaban J connectivity index is 1.96. The molecule has 0 aliphatic heterocycles. The molecule has 0 fully saturated rings. The van der Waals surface area contributed by atoms with Gasteiger partial charge in [-0.3, -0.25) is 14.9 Å². The molecule has 0 aliphatic rings. The summed E-state index contributed by atoms with van der Waals surface area (Å²) in [4.78, 5) is 22.7. The van der Waals surface area contributed by atoms with E-state index in [0.29, 0.717) is 5.75 Å². The minimum Gasteiger partial charge on any atom is -0.497 e. The average Bonchev–Trinajstić information content (AvgIpc) is 2.55. The second kappa shape index (κ2) is 7.59. The van der Waals surface area contributed by atoms with Gasteiger partial charge in [-0.1, -0.05) is 0 Å². The highest BCUT2D eigenvalue weighted by Crippen LogP contribution is 2.23. The Morgan fingerprint density at radius 1 is 1.30 bits per heavy atom. The molecular formula is C15H13FN2O4S. The van der Waals surface area contributed by atoms with Crippen molar-refractivity contribution in [1.29, 1.82) is 0 Å². The summed E-state index contributed by atoms with van der Waals surface area (Å²) in [5, 5.41) is 13.0. The first kappa shape index (κ1) is 16.8. The molecule has 23 heavy (non-hydrogen) atoms. The van der Waals surface area contributed by atoms with Crippen LogP contribution in [0.4, 0.5) is 15.8 Å². The molecule has 0 aliphatic carbocycles. The van der Waals surface area contributed by atoms with Crippen LogP contribution in [0.5, 0.6) is 5.75 Å². The summed E-state index contributed by atoms with van der Waals surface area (Å²) in [5.74, 6) is -0.421. The maximum absolute atomic E-state index is 13.6. The third-order valence-electron chi connectivity index (χ3n) is 2.86. The molecule has 0 atom stereocenters. The Hall–Kier alpha value is -2.61. The number of anilines is 1. The Labute approximate surface area is 135 Å². The van der Waals surface area contributed by atoms with Crippen molar-refractivity contribution in [3.63, 3.8) is 0 Å².